The van der Waals surface area contributed by atoms with Crippen molar-refractivity contribution in [2.75, 3.05) is 33.4 Å². The maximum absolute atomic E-state index is 14.1. The Hall–Kier alpha value is -2.05. The molecule has 1 aromatic carbocycles. The number of benzene rings is 1. The second kappa shape index (κ2) is 15.0. The Morgan fingerprint density at radius 2 is 1.91 bits per heavy atom. The third-order valence-electron chi connectivity index (χ3n) is 6.01. The summed E-state index contributed by atoms with van der Waals surface area (Å²) < 4.78 is 13.7. The van der Waals surface area contributed by atoms with Crippen molar-refractivity contribution in [3.05, 3.63) is 30.0 Å². The van der Waals surface area contributed by atoms with Crippen LogP contribution in [0.1, 0.15) is 83.6 Å². The molecule has 0 bridgehead atoms. The van der Waals surface area contributed by atoms with Gasteiger partial charge in [-0.2, -0.15) is 0 Å². The van der Waals surface area contributed by atoms with E-state index in [2.05, 4.69) is 61.5 Å². The number of rotatable bonds is 11. The number of piperidine rings is 1. The summed E-state index contributed by atoms with van der Waals surface area (Å²) in [6.07, 6.45) is 6.20. The van der Waals surface area contributed by atoms with Crippen LogP contribution in [0.3, 0.4) is 0 Å². The van der Waals surface area contributed by atoms with Crippen molar-refractivity contribution < 1.29 is 14.3 Å². The Bertz CT molecular complexity index is 856. The Labute approximate surface area is 207 Å². The molecule has 6 heteroatoms. The Balaban J connectivity index is 0.00000129. The summed E-state index contributed by atoms with van der Waals surface area (Å²) in [6.45, 7) is 14.6. The fourth-order valence-corrected chi connectivity index (χ4v) is 4.60. The zero-order chi connectivity index (χ0) is 24.9. The fraction of sp³-hybridized carbons (Fsp3) is 0.679. The monoisotopic (exact) mass is 473 g/mol. The van der Waals surface area contributed by atoms with Gasteiger partial charge in [0.15, 0.2) is 11.4 Å². The van der Waals surface area contributed by atoms with Crippen LogP contribution in [0.25, 0.3) is 10.9 Å². The van der Waals surface area contributed by atoms with Gasteiger partial charge in [0.2, 0.25) is 0 Å². The van der Waals surface area contributed by atoms with Gasteiger partial charge in [0.25, 0.3) is 5.91 Å². The van der Waals surface area contributed by atoms with E-state index in [4.69, 9.17) is 9.47 Å². The number of amides is 1. The summed E-state index contributed by atoms with van der Waals surface area (Å²) >= 11 is 0. The summed E-state index contributed by atoms with van der Waals surface area (Å²) in [4.78, 5) is 16.2. The highest BCUT2D eigenvalue weighted by atomic mass is 16.5. The molecule has 0 unspecified atom stereocenters. The summed E-state index contributed by atoms with van der Waals surface area (Å²) in [6, 6.07) is 8.57. The molecule has 0 aliphatic carbocycles. The maximum Gasteiger partial charge on any atom is 0.274 e. The first-order chi connectivity index (χ1) is 16.5. The second-order valence-corrected chi connectivity index (χ2v) is 9.41. The molecule has 1 saturated heterocycles. The molecule has 1 amide bonds. The van der Waals surface area contributed by atoms with Crippen LogP contribution in [0.4, 0.5) is 0 Å². The molecule has 1 aliphatic heterocycles. The molecule has 1 aliphatic rings. The molecular formula is C28H47N3O3. The van der Waals surface area contributed by atoms with E-state index in [1.54, 1.807) is 7.11 Å². The van der Waals surface area contributed by atoms with Gasteiger partial charge in [0, 0.05) is 44.3 Å². The van der Waals surface area contributed by atoms with Gasteiger partial charge in [-0.1, -0.05) is 39.3 Å². The lowest BCUT2D eigenvalue weighted by Gasteiger charge is -2.38. The van der Waals surface area contributed by atoms with Crippen LogP contribution in [0.5, 0.6) is 5.75 Å². The van der Waals surface area contributed by atoms with E-state index in [0.29, 0.717) is 12.3 Å². The van der Waals surface area contributed by atoms with Gasteiger partial charge in [-0.15, -0.1) is 0 Å². The molecule has 1 atom stereocenters. The minimum Gasteiger partial charge on any atom is -0.490 e. The summed E-state index contributed by atoms with van der Waals surface area (Å²) in [5.74, 6) is 0.821. The lowest BCUT2D eigenvalue weighted by molar-refractivity contribution is 0.0558. The molecule has 1 aromatic heterocycles. The molecule has 0 radical (unpaired) electrons. The average Bonchev–Trinajstić information content (AvgIpc) is 3.15. The van der Waals surface area contributed by atoms with Crippen molar-refractivity contribution >= 4 is 16.8 Å². The van der Waals surface area contributed by atoms with Gasteiger partial charge in [0.1, 0.15) is 0 Å². The number of hydrogen-bond acceptors (Lipinski definition) is 4. The summed E-state index contributed by atoms with van der Waals surface area (Å²) in [7, 11) is 1.73. The van der Waals surface area contributed by atoms with E-state index in [-0.39, 0.29) is 18.0 Å². The highest BCUT2D eigenvalue weighted by molar-refractivity contribution is 6.04. The number of para-hydroxylation sites is 1. The molecule has 0 spiro atoms. The van der Waals surface area contributed by atoms with Crippen LogP contribution in [0, 0.1) is 0 Å². The number of ether oxygens (including phenoxy) is 2. The first-order valence-corrected chi connectivity index (χ1v) is 13.3. The van der Waals surface area contributed by atoms with Gasteiger partial charge in [-0.25, -0.2) is 0 Å². The minimum atomic E-state index is 0.0812. The number of unbranched alkanes of at least 4 members (excludes halogenated alkanes) is 1. The predicted molar refractivity (Wildman–Crippen MR) is 142 cm³/mol. The van der Waals surface area contributed by atoms with Crippen molar-refractivity contribution in [3.63, 3.8) is 0 Å². The van der Waals surface area contributed by atoms with Crippen LogP contribution < -0.4 is 10.1 Å². The number of nitrogens with one attached hydrogen (secondary N) is 1. The van der Waals surface area contributed by atoms with Crippen molar-refractivity contribution in [2.24, 2.45) is 0 Å². The molecular weight excluding hydrogens is 426 g/mol. The van der Waals surface area contributed by atoms with Crippen molar-refractivity contribution in [1.29, 1.82) is 0 Å². The SMILES string of the molecule is CCC.CCCOc1c(C(=O)N(C(C)C)[C@@H]2CCCNC2)n(CCCCOC)c2ccccc12. The number of methoxy groups -OCH3 is 1. The molecule has 2 heterocycles. The van der Waals surface area contributed by atoms with Crippen LogP contribution >= 0.6 is 0 Å². The van der Waals surface area contributed by atoms with Gasteiger partial charge in [0.05, 0.1) is 12.1 Å². The van der Waals surface area contributed by atoms with Crippen molar-refractivity contribution in [2.45, 2.75) is 91.8 Å². The van der Waals surface area contributed by atoms with Crippen LogP contribution in [0.15, 0.2) is 24.3 Å². The smallest absolute Gasteiger partial charge is 0.274 e. The zero-order valence-corrected chi connectivity index (χ0v) is 22.4. The number of aromatic nitrogens is 1. The molecule has 1 fully saturated rings. The van der Waals surface area contributed by atoms with E-state index < -0.39 is 0 Å². The van der Waals surface area contributed by atoms with Gasteiger partial charge < -0.3 is 24.3 Å². The molecule has 34 heavy (non-hydrogen) atoms. The first-order valence-electron chi connectivity index (χ1n) is 13.3. The summed E-state index contributed by atoms with van der Waals surface area (Å²) in [5, 5.41) is 4.49. The van der Waals surface area contributed by atoms with Gasteiger partial charge in [-0.05, 0) is 64.6 Å². The van der Waals surface area contributed by atoms with Crippen LogP contribution in [0.2, 0.25) is 0 Å². The third kappa shape index (κ3) is 7.22. The minimum absolute atomic E-state index is 0.0812. The lowest BCUT2D eigenvalue weighted by atomic mass is 10.0. The Morgan fingerprint density at radius 3 is 2.53 bits per heavy atom. The van der Waals surface area contributed by atoms with Gasteiger partial charge in [-0.3, -0.25) is 4.79 Å². The molecule has 192 valence electrons. The number of carbonyl (C=O) groups is 1. The predicted octanol–water partition coefficient (Wildman–Crippen LogP) is 5.88. The molecule has 3 rings (SSSR count). The Morgan fingerprint density at radius 1 is 1.18 bits per heavy atom. The van der Waals surface area contributed by atoms with Crippen LogP contribution in [-0.4, -0.2) is 60.9 Å². The van der Waals surface area contributed by atoms with E-state index >= 15 is 0 Å². The number of carbonyl (C=O) groups excluding carboxylic acids is 1. The van der Waals surface area contributed by atoms with Gasteiger partial charge >= 0.3 is 0 Å². The number of fused-ring (bicyclic) bond motifs is 1. The first kappa shape index (κ1) is 28.2. The number of hydrogen-bond donors (Lipinski definition) is 1. The molecule has 1 N–H and O–H groups in total. The van der Waals surface area contributed by atoms with Crippen LogP contribution in [-0.2, 0) is 11.3 Å². The standard InChI is InChI=1S/C25H39N3O3.C3H8/c1-5-16-31-24-21-12-6-7-13-22(21)27(15-8-9-17-30-4)23(24)25(29)28(19(2)3)20-11-10-14-26-18-20;1-3-2/h6-7,12-13,19-20,26H,5,8-11,14-18H2,1-4H3;3H2,1-2H3/t20-;/m1./s1. The maximum atomic E-state index is 14.1. The highest BCUT2D eigenvalue weighted by Gasteiger charge is 2.33. The van der Waals surface area contributed by atoms with E-state index in [1.807, 2.05) is 12.1 Å². The Kier molecular flexibility index (Phi) is 12.5. The lowest BCUT2D eigenvalue weighted by Crippen LogP contribution is -2.52. The largest absolute Gasteiger partial charge is 0.490 e. The number of nitrogens with zero attached hydrogens (tertiary/aromatic N) is 2. The average molecular weight is 474 g/mol. The van der Waals surface area contributed by atoms with E-state index in [0.717, 1.165) is 75.0 Å². The zero-order valence-electron chi connectivity index (χ0n) is 22.4. The fourth-order valence-electron chi connectivity index (χ4n) is 4.60. The van der Waals surface area contributed by atoms with E-state index in [1.165, 1.54) is 6.42 Å². The number of aryl methyl sites for hydroxylation is 1. The normalized spacial score (nSPS) is 15.8. The highest BCUT2D eigenvalue weighted by Crippen LogP contribution is 2.36. The third-order valence-corrected chi connectivity index (χ3v) is 6.01. The van der Waals surface area contributed by atoms with E-state index in [9.17, 15) is 4.79 Å². The van der Waals surface area contributed by atoms with Crippen molar-refractivity contribution in [3.8, 4) is 5.75 Å². The quantitative estimate of drug-likeness (QED) is 0.414. The summed E-state index contributed by atoms with van der Waals surface area (Å²) in [5.41, 5.74) is 1.77. The molecule has 6 nitrogen and oxygen atoms in total. The molecule has 2 aromatic rings. The molecule has 0 saturated carbocycles. The van der Waals surface area contributed by atoms with Crippen molar-refractivity contribution in [1.82, 2.24) is 14.8 Å². The second-order valence-electron chi connectivity index (χ2n) is 9.41. The topological polar surface area (TPSA) is 55.7 Å².